The zero-order valence-corrected chi connectivity index (χ0v) is 9.15. The Hall–Kier alpha value is -1.46. The standard InChI is InChI=1S/C7H7NO3.C3H5ClO/c8-4-1-2-5(7(10)11)6(9)3-4;4-1-3-2-5-3/h1-3,9H,8H2,(H,10,11);3H,1-2H2. The summed E-state index contributed by atoms with van der Waals surface area (Å²) in [5, 5.41) is 17.5. The Morgan fingerprint density at radius 1 is 1.62 bits per heavy atom. The Balaban J connectivity index is 0.000000212. The molecule has 2 rings (SSSR count). The lowest BCUT2D eigenvalue weighted by Gasteiger charge is -1.98. The summed E-state index contributed by atoms with van der Waals surface area (Å²) in [4.78, 5) is 10.3. The fourth-order valence-electron chi connectivity index (χ4n) is 0.887. The number of aromatic carboxylic acids is 1. The largest absolute Gasteiger partial charge is 0.507 e. The topological polar surface area (TPSA) is 96.1 Å². The molecule has 6 heteroatoms. The van der Waals surface area contributed by atoms with Crippen molar-refractivity contribution in [3.63, 3.8) is 0 Å². The van der Waals surface area contributed by atoms with E-state index in [4.69, 9.17) is 32.3 Å². The van der Waals surface area contributed by atoms with Crippen molar-refractivity contribution >= 4 is 23.3 Å². The number of hydrogen-bond acceptors (Lipinski definition) is 4. The van der Waals surface area contributed by atoms with Crippen LogP contribution in [0.25, 0.3) is 0 Å². The maximum Gasteiger partial charge on any atom is 0.339 e. The van der Waals surface area contributed by atoms with Crippen molar-refractivity contribution in [1.82, 2.24) is 0 Å². The Labute approximate surface area is 97.4 Å². The third-order valence-electron chi connectivity index (χ3n) is 1.83. The number of aromatic hydroxyl groups is 1. The van der Waals surface area contributed by atoms with E-state index in [1.165, 1.54) is 18.2 Å². The van der Waals surface area contributed by atoms with E-state index in [2.05, 4.69) is 0 Å². The van der Waals surface area contributed by atoms with Gasteiger partial charge in [-0.25, -0.2) is 4.79 Å². The fraction of sp³-hybridized carbons (Fsp3) is 0.300. The van der Waals surface area contributed by atoms with E-state index in [0.29, 0.717) is 17.7 Å². The van der Waals surface area contributed by atoms with Crippen LogP contribution in [-0.4, -0.2) is 34.8 Å². The van der Waals surface area contributed by atoms with Crippen molar-refractivity contribution in [1.29, 1.82) is 0 Å². The molecule has 1 atom stereocenters. The van der Waals surface area contributed by atoms with Gasteiger partial charge in [0.05, 0.1) is 18.6 Å². The molecule has 5 nitrogen and oxygen atoms in total. The number of phenols is 1. The second-order valence-corrected chi connectivity index (χ2v) is 3.50. The first-order chi connectivity index (χ1) is 7.54. The van der Waals surface area contributed by atoms with Crippen molar-refractivity contribution in [2.24, 2.45) is 0 Å². The van der Waals surface area contributed by atoms with Gasteiger partial charge < -0.3 is 20.7 Å². The van der Waals surface area contributed by atoms with Gasteiger partial charge in [0.15, 0.2) is 0 Å². The number of ether oxygens (including phenoxy) is 1. The second-order valence-electron chi connectivity index (χ2n) is 3.19. The summed E-state index contributed by atoms with van der Waals surface area (Å²) in [6, 6.07) is 3.87. The molecule has 1 unspecified atom stereocenters. The van der Waals surface area contributed by atoms with Gasteiger partial charge in [0.25, 0.3) is 0 Å². The van der Waals surface area contributed by atoms with Gasteiger partial charge in [0, 0.05) is 11.8 Å². The molecule has 4 N–H and O–H groups in total. The number of carbonyl (C=O) groups is 1. The van der Waals surface area contributed by atoms with Crippen LogP contribution in [0.15, 0.2) is 18.2 Å². The highest BCUT2D eigenvalue weighted by atomic mass is 35.5. The number of carboxylic acid groups (broad SMARTS) is 1. The van der Waals surface area contributed by atoms with Crippen LogP contribution in [-0.2, 0) is 4.74 Å². The molecule has 1 aliphatic rings. The molecule has 1 saturated heterocycles. The van der Waals surface area contributed by atoms with Gasteiger partial charge in [0.2, 0.25) is 0 Å². The molecule has 0 aromatic heterocycles. The number of alkyl halides is 1. The quantitative estimate of drug-likeness (QED) is 0.415. The zero-order chi connectivity index (χ0) is 12.1. The van der Waals surface area contributed by atoms with E-state index < -0.39 is 5.97 Å². The molecule has 1 heterocycles. The molecule has 1 fully saturated rings. The van der Waals surface area contributed by atoms with Crippen molar-refractivity contribution < 1.29 is 19.7 Å². The highest BCUT2D eigenvalue weighted by Crippen LogP contribution is 2.19. The number of nitrogens with two attached hydrogens (primary N) is 1. The summed E-state index contributed by atoms with van der Waals surface area (Å²) in [5.41, 5.74) is 5.48. The fourth-order valence-corrected chi connectivity index (χ4v) is 1.06. The summed E-state index contributed by atoms with van der Waals surface area (Å²) in [5.74, 6) is -0.806. The van der Waals surface area contributed by atoms with Crippen LogP contribution in [0.5, 0.6) is 5.75 Å². The van der Waals surface area contributed by atoms with Crippen molar-refractivity contribution in [2.45, 2.75) is 6.10 Å². The summed E-state index contributed by atoms with van der Waals surface area (Å²) in [7, 11) is 0. The molecular formula is C10H12ClNO4. The number of rotatable bonds is 2. The summed E-state index contributed by atoms with van der Waals surface area (Å²) < 4.78 is 4.73. The highest BCUT2D eigenvalue weighted by Gasteiger charge is 2.19. The van der Waals surface area contributed by atoms with Crippen LogP contribution in [0.1, 0.15) is 10.4 Å². The first-order valence-electron chi connectivity index (χ1n) is 4.54. The Morgan fingerprint density at radius 3 is 2.56 bits per heavy atom. The van der Waals surface area contributed by atoms with E-state index in [9.17, 15) is 4.79 Å². The number of halogens is 1. The lowest BCUT2D eigenvalue weighted by atomic mass is 10.2. The molecule has 0 bridgehead atoms. The highest BCUT2D eigenvalue weighted by molar-refractivity contribution is 6.18. The minimum Gasteiger partial charge on any atom is -0.507 e. The first kappa shape index (κ1) is 12.6. The van der Waals surface area contributed by atoms with Gasteiger partial charge in [0.1, 0.15) is 11.3 Å². The van der Waals surface area contributed by atoms with E-state index in [1.54, 1.807) is 0 Å². The van der Waals surface area contributed by atoms with Crippen LogP contribution >= 0.6 is 11.6 Å². The monoisotopic (exact) mass is 245 g/mol. The minimum atomic E-state index is -1.16. The lowest BCUT2D eigenvalue weighted by molar-refractivity contribution is 0.0694. The number of carboxylic acids is 1. The van der Waals surface area contributed by atoms with Crippen molar-refractivity contribution in [2.75, 3.05) is 18.2 Å². The van der Waals surface area contributed by atoms with Crippen LogP contribution < -0.4 is 5.73 Å². The molecule has 0 amide bonds. The average molecular weight is 246 g/mol. The molecule has 16 heavy (non-hydrogen) atoms. The van der Waals surface area contributed by atoms with Crippen LogP contribution in [0, 0.1) is 0 Å². The van der Waals surface area contributed by atoms with Gasteiger partial charge in [-0.3, -0.25) is 0 Å². The molecule has 0 saturated carbocycles. The molecule has 1 aliphatic heterocycles. The predicted octanol–water partition coefficient (Wildman–Crippen LogP) is 1.30. The normalized spacial score (nSPS) is 17.2. The molecule has 0 radical (unpaired) electrons. The molecule has 88 valence electrons. The van der Waals surface area contributed by atoms with Gasteiger partial charge in [-0.15, -0.1) is 11.6 Å². The van der Waals surface area contributed by atoms with Crippen molar-refractivity contribution in [3.8, 4) is 5.75 Å². The summed E-state index contributed by atoms with van der Waals surface area (Å²) in [6.45, 7) is 0.878. The third-order valence-corrected chi connectivity index (χ3v) is 2.17. The third kappa shape index (κ3) is 3.96. The SMILES string of the molecule is ClCC1CO1.Nc1ccc(C(=O)O)c(O)c1. The maximum atomic E-state index is 10.3. The molecule has 0 aliphatic carbocycles. The average Bonchev–Trinajstić information content (AvgIpc) is 3.00. The molecule has 0 spiro atoms. The maximum absolute atomic E-state index is 10.3. The Bertz CT molecular complexity index is 379. The Kier molecular flexibility index (Phi) is 4.39. The van der Waals surface area contributed by atoms with E-state index in [-0.39, 0.29) is 11.3 Å². The molecule has 1 aromatic carbocycles. The van der Waals surface area contributed by atoms with Crippen LogP contribution in [0.2, 0.25) is 0 Å². The number of epoxide rings is 1. The van der Waals surface area contributed by atoms with Gasteiger partial charge in [-0.05, 0) is 12.1 Å². The van der Waals surface area contributed by atoms with Gasteiger partial charge in [-0.2, -0.15) is 0 Å². The van der Waals surface area contributed by atoms with Crippen LogP contribution in [0.4, 0.5) is 5.69 Å². The zero-order valence-electron chi connectivity index (χ0n) is 8.39. The molecule has 1 aromatic rings. The predicted molar refractivity (Wildman–Crippen MR) is 59.9 cm³/mol. The number of anilines is 1. The smallest absolute Gasteiger partial charge is 0.339 e. The van der Waals surface area contributed by atoms with Gasteiger partial charge >= 0.3 is 5.97 Å². The van der Waals surface area contributed by atoms with Crippen LogP contribution in [0.3, 0.4) is 0 Å². The number of nitrogen functional groups attached to an aromatic ring is 1. The Morgan fingerprint density at radius 2 is 2.25 bits per heavy atom. The lowest BCUT2D eigenvalue weighted by Crippen LogP contribution is -1.97. The second kappa shape index (κ2) is 5.58. The summed E-state index contributed by atoms with van der Waals surface area (Å²) in [6.07, 6.45) is 0.400. The first-order valence-corrected chi connectivity index (χ1v) is 5.07. The van der Waals surface area contributed by atoms with E-state index in [0.717, 1.165) is 6.61 Å². The summed E-state index contributed by atoms with van der Waals surface area (Å²) >= 11 is 5.27. The van der Waals surface area contributed by atoms with Gasteiger partial charge in [-0.1, -0.05) is 0 Å². The minimum absolute atomic E-state index is 0.140. The van der Waals surface area contributed by atoms with E-state index >= 15 is 0 Å². The van der Waals surface area contributed by atoms with Crippen molar-refractivity contribution in [3.05, 3.63) is 23.8 Å². The van der Waals surface area contributed by atoms with E-state index in [1.807, 2.05) is 0 Å². The molecular weight excluding hydrogens is 234 g/mol. The number of hydrogen-bond donors (Lipinski definition) is 3. The number of benzene rings is 1.